The summed E-state index contributed by atoms with van der Waals surface area (Å²) in [4.78, 5) is 34.9. The average Bonchev–Trinajstić information content (AvgIpc) is 3.36. The molecule has 1 saturated heterocycles. The lowest BCUT2D eigenvalue weighted by atomic mass is 9.97. The molecule has 3 heterocycles. The summed E-state index contributed by atoms with van der Waals surface area (Å²) < 4.78 is 1.86. The number of nitrogens with one attached hydrogen (secondary N) is 2. The van der Waals surface area contributed by atoms with Gasteiger partial charge in [-0.05, 0) is 53.8 Å². The second-order valence-corrected chi connectivity index (χ2v) is 10.9. The van der Waals surface area contributed by atoms with Gasteiger partial charge < -0.3 is 15.4 Å². The van der Waals surface area contributed by atoms with E-state index in [-0.39, 0.29) is 24.2 Å². The van der Waals surface area contributed by atoms with E-state index in [0.717, 1.165) is 71.5 Å². The molecule has 42 heavy (non-hydrogen) atoms. The van der Waals surface area contributed by atoms with Gasteiger partial charge in [0.2, 0.25) is 5.91 Å². The number of likely N-dealkylation sites (tertiary alicyclic amines) is 1. The highest BCUT2D eigenvalue weighted by Crippen LogP contribution is 2.32. The van der Waals surface area contributed by atoms with Crippen LogP contribution in [0.4, 0.5) is 5.69 Å². The maximum Gasteiger partial charge on any atom is 0.326 e. The van der Waals surface area contributed by atoms with Gasteiger partial charge in [0.15, 0.2) is 0 Å². The first-order valence-corrected chi connectivity index (χ1v) is 14.5. The fourth-order valence-electron chi connectivity index (χ4n) is 5.84. The predicted octanol–water partition coefficient (Wildman–Crippen LogP) is 5.74. The number of H-pyrrole nitrogens is 1. The van der Waals surface area contributed by atoms with Crippen molar-refractivity contribution in [3.05, 3.63) is 107 Å². The van der Waals surface area contributed by atoms with E-state index in [1.54, 1.807) is 6.20 Å². The molecule has 2 aromatic heterocycles. The number of aliphatic hydroxyl groups excluding tert-OH is 1. The minimum absolute atomic E-state index is 0.0457. The molecule has 0 spiro atoms. The van der Waals surface area contributed by atoms with Crippen molar-refractivity contribution in [1.82, 2.24) is 19.4 Å². The second kappa shape index (κ2) is 12.1. The van der Waals surface area contributed by atoms with Gasteiger partial charge in [-0.15, -0.1) is 0 Å². The number of fused-ring (bicyclic) bond motifs is 1. The fourth-order valence-corrected chi connectivity index (χ4v) is 5.84. The molecular formula is C34H35N5O3. The van der Waals surface area contributed by atoms with Crippen molar-refractivity contribution in [2.75, 3.05) is 18.4 Å². The minimum Gasteiger partial charge on any atom is -0.392 e. The number of carbonyl (C=O) groups is 1. The predicted molar refractivity (Wildman–Crippen MR) is 166 cm³/mol. The van der Waals surface area contributed by atoms with Crippen LogP contribution in [0.1, 0.15) is 43.4 Å². The molecule has 0 atom stereocenters. The second-order valence-electron chi connectivity index (χ2n) is 10.9. The molecule has 5 aromatic rings. The monoisotopic (exact) mass is 561 g/mol. The van der Waals surface area contributed by atoms with Gasteiger partial charge in [-0.25, -0.2) is 4.79 Å². The SMILES string of the molecule is CCC(=O)Nc1ccc2[nH]c(=O)n(C3CCN(Cc4ccc(-c5ncc(CO)cc5-c5ccccc5)cc4)CC3)c2c1. The van der Waals surface area contributed by atoms with E-state index in [0.29, 0.717) is 12.1 Å². The normalized spacial score (nSPS) is 14.3. The van der Waals surface area contributed by atoms with Gasteiger partial charge in [0.25, 0.3) is 0 Å². The smallest absolute Gasteiger partial charge is 0.326 e. The average molecular weight is 562 g/mol. The summed E-state index contributed by atoms with van der Waals surface area (Å²) in [7, 11) is 0. The van der Waals surface area contributed by atoms with Crippen molar-refractivity contribution >= 4 is 22.6 Å². The molecule has 8 nitrogen and oxygen atoms in total. The molecular weight excluding hydrogens is 526 g/mol. The van der Waals surface area contributed by atoms with Crippen LogP contribution in [0.25, 0.3) is 33.4 Å². The standard InChI is InChI=1S/C34H35N5O3/c1-2-32(41)36-27-12-13-30-31(19-27)39(34(42)37-30)28-14-16-38(17-15-28)21-23-8-10-26(11-9-23)33-29(18-24(22-40)20-35-33)25-6-4-3-5-7-25/h3-13,18-20,28,40H,2,14-17,21-22H2,1H3,(H,36,41)(H,37,42). The molecule has 0 saturated carbocycles. The van der Waals surface area contributed by atoms with Gasteiger partial charge in [0.1, 0.15) is 0 Å². The van der Waals surface area contributed by atoms with Gasteiger partial charge in [-0.1, -0.05) is 61.5 Å². The number of hydrogen-bond acceptors (Lipinski definition) is 5. The molecule has 1 aliphatic rings. The number of rotatable bonds is 8. The highest BCUT2D eigenvalue weighted by Gasteiger charge is 2.24. The lowest BCUT2D eigenvalue weighted by molar-refractivity contribution is -0.115. The molecule has 0 radical (unpaired) electrons. The summed E-state index contributed by atoms with van der Waals surface area (Å²) in [6, 6.07) is 26.4. The third-order valence-corrected chi connectivity index (χ3v) is 8.09. The number of pyridine rings is 1. The Hall–Kier alpha value is -4.53. The van der Waals surface area contributed by atoms with Crippen LogP contribution in [-0.4, -0.2) is 43.5 Å². The van der Waals surface area contributed by atoms with Crippen molar-refractivity contribution < 1.29 is 9.90 Å². The van der Waals surface area contributed by atoms with Gasteiger partial charge in [-0.2, -0.15) is 0 Å². The van der Waals surface area contributed by atoms with Gasteiger partial charge in [0.05, 0.1) is 23.3 Å². The Balaban J connectivity index is 1.14. The Kier molecular flexibility index (Phi) is 7.99. The first-order valence-electron chi connectivity index (χ1n) is 14.5. The molecule has 0 bridgehead atoms. The molecule has 1 aliphatic heterocycles. The Morgan fingerprint density at radius 1 is 0.976 bits per heavy atom. The van der Waals surface area contributed by atoms with Crippen molar-refractivity contribution in [1.29, 1.82) is 0 Å². The number of piperidine rings is 1. The zero-order valence-corrected chi connectivity index (χ0v) is 23.7. The maximum atomic E-state index is 12.9. The van der Waals surface area contributed by atoms with Crippen molar-refractivity contribution in [2.45, 2.75) is 45.4 Å². The lowest BCUT2D eigenvalue weighted by Gasteiger charge is -2.32. The first kappa shape index (κ1) is 27.6. The maximum absolute atomic E-state index is 12.9. The number of benzene rings is 3. The number of carbonyl (C=O) groups excluding carboxylic acids is 1. The fraction of sp³-hybridized carbons (Fsp3) is 0.265. The molecule has 1 fully saturated rings. The summed E-state index contributed by atoms with van der Waals surface area (Å²) in [5.41, 5.74) is 8.24. The quantitative estimate of drug-likeness (QED) is 0.224. The van der Waals surface area contributed by atoms with E-state index in [1.807, 2.05) is 54.0 Å². The summed E-state index contributed by atoms with van der Waals surface area (Å²) >= 11 is 0. The topological polar surface area (TPSA) is 103 Å². The number of amides is 1. The third kappa shape index (κ3) is 5.77. The van der Waals surface area contributed by atoms with E-state index in [1.165, 1.54) is 5.56 Å². The van der Waals surface area contributed by atoms with Crippen LogP contribution in [0.2, 0.25) is 0 Å². The van der Waals surface area contributed by atoms with Gasteiger partial charge in [0, 0.05) is 55.1 Å². The summed E-state index contributed by atoms with van der Waals surface area (Å²) in [5, 5.41) is 12.6. The number of aliphatic hydroxyl groups is 1. The van der Waals surface area contributed by atoms with Crippen molar-refractivity contribution in [3.8, 4) is 22.4 Å². The number of aromatic amines is 1. The number of nitrogens with zero attached hydrogens (tertiary/aromatic N) is 3. The molecule has 214 valence electrons. The van der Waals surface area contributed by atoms with Crippen LogP contribution >= 0.6 is 0 Å². The molecule has 3 aromatic carbocycles. The van der Waals surface area contributed by atoms with Crippen molar-refractivity contribution in [3.63, 3.8) is 0 Å². The zero-order chi connectivity index (χ0) is 29.1. The number of aromatic nitrogens is 3. The van der Waals surface area contributed by atoms with E-state index in [4.69, 9.17) is 4.98 Å². The summed E-state index contributed by atoms with van der Waals surface area (Å²) in [6.45, 7) is 4.39. The van der Waals surface area contributed by atoms with E-state index < -0.39 is 0 Å². The Morgan fingerprint density at radius 3 is 2.45 bits per heavy atom. The first-order chi connectivity index (χ1) is 20.5. The van der Waals surface area contributed by atoms with Crippen LogP contribution < -0.4 is 11.0 Å². The number of imidazole rings is 1. The lowest BCUT2D eigenvalue weighted by Crippen LogP contribution is -2.36. The zero-order valence-electron chi connectivity index (χ0n) is 23.7. The minimum atomic E-state index is -0.103. The van der Waals surface area contributed by atoms with Gasteiger partial charge in [-0.3, -0.25) is 19.2 Å². The molecule has 0 aliphatic carbocycles. The number of hydrogen-bond donors (Lipinski definition) is 3. The Labute approximate surface area is 244 Å². The van der Waals surface area contributed by atoms with E-state index in [9.17, 15) is 14.7 Å². The highest BCUT2D eigenvalue weighted by atomic mass is 16.3. The molecule has 3 N–H and O–H groups in total. The molecule has 1 amide bonds. The Morgan fingerprint density at radius 2 is 1.74 bits per heavy atom. The molecule has 8 heteroatoms. The molecule has 0 unspecified atom stereocenters. The Bertz CT molecular complexity index is 1750. The van der Waals surface area contributed by atoms with Crippen LogP contribution in [-0.2, 0) is 17.9 Å². The van der Waals surface area contributed by atoms with Crippen LogP contribution in [0, 0.1) is 0 Å². The van der Waals surface area contributed by atoms with E-state index >= 15 is 0 Å². The van der Waals surface area contributed by atoms with Crippen LogP contribution in [0.3, 0.4) is 0 Å². The molecule has 6 rings (SSSR count). The van der Waals surface area contributed by atoms with Crippen molar-refractivity contribution in [2.24, 2.45) is 0 Å². The van der Waals surface area contributed by atoms with Gasteiger partial charge >= 0.3 is 5.69 Å². The van der Waals surface area contributed by atoms with E-state index in [2.05, 4.69) is 51.6 Å². The summed E-state index contributed by atoms with van der Waals surface area (Å²) in [6.07, 6.45) is 3.89. The number of anilines is 1. The highest BCUT2D eigenvalue weighted by molar-refractivity contribution is 5.93. The third-order valence-electron chi connectivity index (χ3n) is 8.09. The largest absolute Gasteiger partial charge is 0.392 e. The van der Waals surface area contributed by atoms with Crippen LogP contribution in [0.5, 0.6) is 0 Å². The summed E-state index contributed by atoms with van der Waals surface area (Å²) in [5.74, 6) is -0.0485. The van der Waals surface area contributed by atoms with Crippen LogP contribution in [0.15, 0.2) is 89.9 Å².